The van der Waals surface area contributed by atoms with Crippen molar-refractivity contribution in [2.75, 3.05) is 5.32 Å². The Kier molecular flexibility index (Phi) is 5.51. The van der Waals surface area contributed by atoms with Crippen LogP contribution in [0, 0.1) is 27.7 Å². The number of hydrogen-bond donors (Lipinski definition) is 1. The van der Waals surface area contributed by atoms with Crippen LogP contribution >= 0.6 is 11.3 Å². The molecule has 5 rings (SSSR count). The lowest BCUT2D eigenvalue weighted by Crippen LogP contribution is -2.13. The lowest BCUT2D eigenvalue weighted by atomic mass is 10.0. The van der Waals surface area contributed by atoms with E-state index in [4.69, 9.17) is 4.98 Å². The van der Waals surface area contributed by atoms with Crippen LogP contribution in [0.1, 0.15) is 40.1 Å². The number of thiazole rings is 1. The minimum Gasteiger partial charge on any atom is -0.298 e. The first-order valence-electron chi connectivity index (χ1n) is 11.3. The monoisotopic (exact) mass is 489 g/mol. The third-order valence-electron chi connectivity index (χ3n) is 6.38. The van der Waals surface area contributed by atoms with Gasteiger partial charge in [0.15, 0.2) is 10.8 Å². The van der Waals surface area contributed by atoms with Crippen molar-refractivity contribution in [2.24, 2.45) is 14.1 Å². The van der Waals surface area contributed by atoms with E-state index in [1.54, 1.807) is 4.68 Å². The summed E-state index contributed by atoms with van der Waals surface area (Å²) in [6.07, 6.45) is 1.82. The molecular formula is C24H27N9OS. The van der Waals surface area contributed by atoms with Crippen LogP contribution in [-0.4, -0.2) is 45.2 Å². The maximum absolute atomic E-state index is 13.6. The highest BCUT2D eigenvalue weighted by atomic mass is 32.1. The van der Waals surface area contributed by atoms with E-state index in [1.807, 2.05) is 68.8 Å². The largest absolute Gasteiger partial charge is 0.298 e. The Labute approximate surface area is 206 Å². The molecule has 0 saturated heterocycles. The van der Waals surface area contributed by atoms with E-state index in [-0.39, 0.29) is 5.91 Å². The van der Waals surface area contributed by atoms with Crippen molar-refractivity contribution in [3.8, 4) is 22.5 Å². The molecule has 5 aromatic heterocycles. The molecule has 5 heterocycles. The Hall–Kier alpha value is -3.86. The quantitative estimate of drug-likeness (QED) is 0.396. The molecule has 180 valence electrons. The van der Waals surface area contributed by atoms with Crippen LogP contribution in [0.5, 0.6) is 0 Å². The van der Waals surface area contributed by atoms with Crippen molar-refractivity contribution in [1.82, 2.24) is 39.3 Å². The highest BCUT2D eigenvalue weighted by molar-refractivity contribution is 7.14. The van der Waals surface area contributed by atoms with Crippen molar-refractivity contribution in [1.29, 1.82) is 0 Å². The molecule has 0 aliphatic heterocycles. The maximum Gasteiger partial charge on any atom is 0.258 e. The van der Waals surface area contributed by atoms with E-state index in [1.165, 1.54) is 11.3 Å². The number of carbonyl (C=O) groups excluding carboxylic acids is 1. The molecule has 11 heteroatoms. The smallest absolute Gasteiger partial charge is 0.258 e. The second-order valence-corrected chi connectivity index (χ2v) is 9.44. The van der Waals surface area contributed by atoms with Crippen LogP contribution in [0.25, 0.3) is 33.5 Å². The van der Waals surface area contributed by atoms with Crippen molar-refractivity contribution in [3.05, 3.63) is 46.0 Å². The van der Waals surface area contributed by atoms with Gasteiger partial charge in [0.05, 0.1) is 39.9 Å². The molecule has 0 saturated carbocycles. The molecule has 0 unspecified atom stereocenters. The number of carbonyl (C=O) groups is 1. The Morgan fingerprint density at radius 1 is 1.00 bits per heavy atom. The predicted octanol–water partition coefficient (Wildman–Crippen LogP) is 4.19. The normalized spacial score (nSPS) is 11.5. The third-order valence-corrected chi connectivity index (χ3v) is 7.14. The number of aryl methyl sites for hydroxylation is 5. The standard InChI is InChI=1S/C24H27N9OS/c1-8-33-14(4)17(10-25-33)19-11-35-24(27-19)28-23(34)16-9-18(20-12(2)29-31(6)15(20)5)26-22-21(16)13(3)30-32(22)7/h9-11H,8H2,1-7H3,(H,27,28,34). The summed E-state index contributed by atoms with van der Waals surface area (Å²) in [7, 11) is 3.74. The highest BCUT2D eigenvalue weighted by Crippen LogP contribution is 2.32. The Morgan fingerprint density at radius 3 is 2.40 bits per heavy atom. The molecule has 0 spiro atoms. The average molecular weight is 490 g/mol. The topological polar surface area (TPSA) is 108 Å². The van der Waals surface area contributed by atoms with Crippen LogP contribution in [0.2, 0.25) is 0 Å². The first-order valence-corrected chi connectivity index (χ1v) is 12.2. The van der Waals surface area contributed by atoms with Gasteiger partial charge in [-0.2, -0.15) is 15.3 Å². The summed E-state index contributed by atoms with van der Waals surface area (Å²) in [5, 5.41) is 19.6. The number of anilines is 1. The number of nitrogens with zero attached hydrogens (tertiary/aromatic N) is 8. The van der Waals surface area contributed by atoms with E-state index in [9.17, 15) is 4.79 Å². The molecule has 1 amide bonds. The fourth-order valence-electron chi connectivity index (χ4n) is 4.53. The number of amides is 1. The van der Waals surface area contributed by atoms with E-state index >= 15 is 0 Å². The number of pyridine rings is 1. The summed E-state index contributed by atoms with van der Waals surface area (Å²) in [5.41, 5.74) is 8.14. The molecule has 0 aromatic carbocycles. The summed E-state index contributed by atoms with van der Waals surface area (Å²) in [6, 6.07) is 1.83. The summed E-state index contributed by atoms with van der Waals surface area (Å²) >= 11 is 1.39. The number of hydrogen-bond acceptors (Lipinski definition) is 7. The molecule has 0 atom stereocenters. The first-order chi connectivity index (χ1) is 16.7. The van der Waals surface area contributed by atoms with Crippen molar-refractivity contribution in [3.63, 3.8) is 0 Å². The van der Waals surface area contributed by atoms with E-state index < -0.39 is 0 Å². The minimum absolute atomic E-state index is 0.254. The predicted molar refractivity (Wildman–Crippen MR) is 137 cm³/mol. The molecule has 0 fully saturated rings. The summed E-state index contributed by atoms with van der Waals surface area (Å²) < 4.78 is 5.46. The van der Waals surface area contributed by atoms with Gasteiger partial charge < -0.3 is 0 Å². The van der Waals surface area contributed by atoms with Gasteiger partial charge in [-0.05, 0) is 40.7 Å². The Bertz CT molecular complexity index is 1600. The van der Waals surface area contributed by atoms with Gasteiger partial charge in [-0.25, -0.2) is 9.97 Å². The molecule has 0 aliphatic rings. The number of rotatable bonds is 5. The van der Waals surface area contributed by atoms with Crippen LogP contribution in [0.4, 0.5) is 5.13 Å². The highest BCUT2D eigenvalue weighted by Gasteiger charge is 2.23. The van der Waals surface area contributed by atoms with Gasteiger partial charge >= 0.3 is 0 Å². The lowest BCUT2D eigenvalue weighted by molar-refractivity contribution is 0.102. The van der Waals surface area contributed by atoms with Gasteiger partial charge in [0.2, 0.25) is 0 Å². The fourth-order valence-corrected chi connectivity index (χ4v) is 5.24. The first kappa shape index (κ1) is 22.9. The van der Waals surface area contributed by atoms with Gasteiger partial charge in [-0.1, -0.05) is 0 Å². The molecule has 1 N–H and O–H groups in total. The van der Waals surface area contributed by atoms with Crippen molar-refractivity contribution < 1.29 is 4.79 Å². The average Bonchev–Trinajstić information content (AvgIpc) is 3.55. The number of aromatic nitrogens is 8. The molecule has 35 heavy (non-hydrogen) atoms. The van der Waals surface area contributed by atoms with Gasteiger partial charge in [0.25, 0.3) is 5.91 Å². The summed E-state index contributed by atoms with van der Waals surface area (Å²) in [4.78, 5) is 23.1. The zero-order valence-corrected chi connectivity index (χ0v) is 21.6. The van der Waals surface area contributed by atoms with Crippen LogP contribution in [0.15, 0.2) is 17.6 Å². The molecule has 0 radical (unpaired) electrons. The zero-order chi connectivity index (χ0) is 25.0. The summed E-state index contributed by atoms with van der Waals surface area (Å²) in [6.45, 7) is 10.7. The van der Waals surface area contributed by atoms with Crippen LogP contribution in [-0.2, 0) is 20.6 Å². The van der Waals surface area contributed by atoms with E-state index in [0.29, 0.717) is 22.0 Å². The Balaban J connectivity index is 1.56. The van der Waals surface area contributed by atoms with Gasteiger partial charge in [0, 0.05) is 48.5 Å². The van der Waals surface area contributed by atoms with Gasteiger partial charge in [-0.3, -0.25) is 24.2 Å². The molecular weight excluding hydrogens is 462 g/mol. The van der Waals surface area contributed by atoms with Gasteiger partial charge in [0.1, 0.15) is 0 Å². The minimum atomic E-state index is -0.254. The fraction of sp³-hybridized carbons (Fsp3) is 0.333. The molecule has 0 aliphatic carbocycles. The van der Waals surface area contributed by atoms with Gasteiger partial charge in [-0.15, -0.1) is 11.3 Å². The SMILES string of the molecule is CCn1ncc(-c2csc(NC(=O)c3cc(-c4c(C)nn(C)c4C)nc4c3c(C)nn4C)n2)c1C. The third kappa shape index (κ3) is 3.72. The second kappa shape index (κ2) is 8.42. The van der Waals surface area contributed by atoms with Crippen molar-refractivity contribution in [2.45, 2.75) is 41.2 Å². The maximum atomic E-state index is 13.6. The molecule has 10 nitrogen and oxygen atoms in total. The van der Waals surface area contributed by atoms with Crippen molar-refractivity contribution >= 4 is 33.4 Å². The van der Waals surface area contributed by atoms with E-state index in [2.05, 4.69) is 32.5 Å². The molecule has 0 bridgehead atoms. The molecule has 5 aromatic rings. The second-order valence-electron chi connectivity index (χ2n) is 8.58. The summed E-state index contributed by atoms with van der Waals surface area (Å²) in [5.74, 6) is -0.254. The number of nitrogens with one attached hydrogen (secondary N) is 1. The lowest BCUT2D eigenvalue weighted by Gasteiger charge is -2.09. The Morgan fingerprint density at radius 2 is 1.74 bits per heavy atom. The zero-order valence-electron chi connectivity index (χ0n) is 20.8. The number of fused-ring (bicyclic) bond motifs is 1. The van der Waals surface area contributed by atoms with Crippen LogP contribution in [0.3, 0.4) is 0 Å². The van der Waals surface area contributed by atoms with E-state index in [0.717, 1.165) is 51.5 Å². The van der Waals surface area contributed by atoms with Crippen LogP contribution < -0.4 is 5.32 Å².